The van der Waals surface area contributed by atoms with E-state index in [1.807, 2.05) is 25.1 Å². The zero-order valence-electron chi connectivity index (χ0n) is 24.7. The lowest BCUT2D eigenvalue weighted by Crippen LogP contribution is -2.58. The molecule has 226 valence electrons. The van der Waals surface area contributed by atoms with E-state index in [0.717, 1.165) is 23.6 Å². The van der Waals surface area contributed by atoms with Crippen molar-refractivity contribution in [3.63, 3.8) is 0 Å². The number of carbonyl (C=O) groups is 2. The van der Waals surface area contributed by atoms with E-state index in [4.69, 9.17) is 28.2 Å². The van der Waals surface area contributed by atoms with Gasteiger partial charge >= 0.3 is 6.09 Å². The fourth-order valence-electron chi connectivity index (χ4n) is 7.05. The van der Waals surface area contributed by atoms with E-state index < -0.39 is 6.09 Å². The van der Waals surface area contributed by atoms with Crippen LogP contribution >= 0.6 is 23.2 Å². The van der Waals surface area contributed by atoms with E-state index in [0.29, 0.717) is 71.4 Å². The summed E-state index contributed by atoms with van der Waals surface area (Å²) >= 11 is 12.2. The van der Waals surface area contributed by atoms with E-state index in [9.17, 15) is 14.7 Å². The molecule has 0 radical (unpaired) electrons. The van der Waals surface area contributed by atoms with Gasteiger partial charge in [0.15, 0.2) is 5.96 Å². The van der Waals surface area contributed by atoms with Gasteiger partial charge in [0.1, 0.15) is 0 Å². The summed E-state index contributed by atoms with van der Waals surface area (Å²) < 4.78 is 0. The number of hydrogen-bond donors (Lipinski definition) is 3. The van der Waals surface area contributed by atoms with Crippen LogP contribution in [0.3, 0.4) is 0 Å². The van der Waals surface area contributed by atoms with Crippen LogP contribution in [0.4, 0.5) is 10.5 Å². The lowest BCUT2D eigenvalue weighted by molar-refractivity contribution is -0.108. The predicted octanol–water partition coefficient (Wildman–Crippen LogP) is 6.49. The summed E-state index contributed by atoms with van der Waals surface area (Å²) in [5, 5.41) is 17.2. The number of carboxylic acid groups (broad SMARTS) is 1. The quantitative estimate of drug-likeness (QED) is 0.255. The molecule has 0 spiro atoms. The molecule has 3 saturated carbocycles. The Kier molecular flexibility index (Phi) is 8.95. The number of fused-ring (bicyclic) bond motifs is 2. The topological polar surface area (TPSA) is 97.3 Å². The monoisotopic (exact) mass is 613 g/mol. The van der Waals surface area contributed by atoms with E-state index in [2.05, 4.69) is 36.3 Å². The zero-order valence-corrected chi connectivity index (χ0v) is 26.3. The first kappa shape index (κ1) is 30.5. The van der Waals surface area contributed by atoms with E-state index in [1.54, 1.807) is 24.3 Å². The Morgan fingerprint density at radius 3 is 2.43 bits per heavy atom. The van der Waals surface area contributed by atoms with Gasteiger partial charge in [-0.1, -0.05) is 50.0 Å². The summed E-state index contributed by atoms with van der Waals surface area (Å²) in [6, 6.07) is 12.8. The van der Waals surface area contributed by atoms with Gasteiger partial charge in [-0.2, -0.15) is 0 Å². The zero-order chi connectivity index (χ0) is 30.2. The minimum Gasteiger partial charge on any atom is -0.465 e. The lowest BCUT2D eigenvalue weighted by atomic mass is 9.45. The van der Waals surface area contributed by atoms with Crippen LogP contribution in [0.1, 0.15) is 56.5 Å². The Bertz CT molecular complexity index is 1350. The normalized spacial score (nSPS) is 26.8. The summed E-state index contributed by atoms with van der Waals surface area (Å²) in [5.41, 5.74) is 2.70. The Morgan fingerprint density at radius 2 is 1.81 bits per heavy atom. The van der Waals surface area contributed by atoms with Crippen molar-refractivity contribution in [1.29, 1.82) is 0 Å². The van der Waals surface area contributed by atoms with Gasteiger partial charge in [0.2, 0.25) is 0 Å². The lowest BCUT2D eigenvalue weighted by Gasteiger charge is -2.61. The molecule has 2 aromatic carbocycles. The highest BCUT2D eigenvalue weighted by Crippen LogP contribution is 2.61. The molecule has 3 N–H and O–H groups in total. The molecule has 1 aliphatic heterocycles. The fourth-order valence-corrected chi connectivity index (χ4v) is 7.55. The Balaban J connectivity index is 1.26. The summed E-state index contributed by atoms with van der Waals surface area (Å²) in [6.45, 7) is 11.1. The molecule has 6 rings (SSSR count). The molecule has 10 heteroatoms. The van der Waals surface area contributed by atoms with Crippen molar-refractivity contribution in [1.82, 2.24) is 15.1 Å². The second-order valence-electron chi connectivity index (χ2n) is 12.7. The molecule has 4 fully saturated rings. The highest BCUT2D eigenvalue weighted by atomic mass is 35.5. The summed E-state index contributed by atoms with van der Waals surface area (Å²) in [4.78, 5) is 33.4. The van der Waals surface area contributed by atoms with Gasteiger partial charge in [0, 0.05) is 53.5 Å². The van der Waals surface area contributed by atoms with Gasteiger partial charge in [-0.15, -0.1) is 0 Å². The number of amides is 2. The molecule has 0 aromatic heterocycles. The molecule has 8 nitrogen and oxygen atoms in total. The number of piperazine rings is 1. The molecule has 4 aliphatic rings. The van der Waals surface area contributed by atoms with Crippen molar-refractivity contribution in [3.8, 4) is 0 Å². The van der Waals surface area contributed by atoms with E-state index in [1.165, 1.54) is 11.3 Å². The van der Waals surface area contributed by atoms with Crippen LogP contribution in [0.25, 0.3) is 0 Å². The number of nitrogens with one attached hydrogen (secondary N) is 2. The number of hydrogen-bond acceptors (Lipinski definition) is 3. The second kappa shape index (κ2) is 12.3. The number of guanidine groups is 1. The van der Waals surface area contributed by atoms with Gasteiger partial charge in [0.05, 0.1) is 6.04 Å². The maximum absolute atomic E-state index is 12.8. The molecule has 42 heavy (non-hydrogen) atoms. The number of nitrogens with zero attached hydrogens (tertiary/aromatic N) is 3. The molecule has 2 bridgehead atoms. The standard InChI is InChI=1S/C32H41Cl2N5O3/c1-19-18-38(13-14-39(19)31(41)42)30(37-28-16-23-15-26(20(28)2)32(23,3)4)36-25-9-6-22(7-10-25)29(40)35-12-11-21-5-8-24(33)17-27(21)34/h5-10,17,19-20,23,26,28H,11-16,18H2,1-4H3,(H,35,40)(H,36,37)(H,41,42)/t19-,20-,23+,26-,28-/m0/s1. The number of halogens is 2. The molecule has 5 atom stereocenters. The average Bonchev–Trinajstić information content (AvgIpc) is 2.94. The smallest absolute Gasteiger partial charge is 0.407 e. The van der Waals surface area contributed by atoms with Crippen molar-refractivity contribution >= 4 is 46.8 Å². The van der Waals surface area contributed by atoms with E-state index in [-0.39, 0.29) is 18.0 Å². The van der Waals surface area contributed by atoms with Crippen LogP contribution in [-0.2, 0) is 6.42 Å². The average molecular weight is 615 g/mol. The van der Waals surface area contributed by atoms with Gasteiger partial charge < -0.3 is 25.5 Å². The minimum atomic E-state index is -0.887. The van der Waals surface area contributed by atoms with Crippen molar-refractivity contribution < 1.29 is 14.7 Å². The van der Waals surface area contributed by atoms with Crippen LogP contribution in [0.5, 0.6) is 0 Å². The third kappa shape index (κ3) is 6.35. The first-order valence-corrected chi connectivity index (χ1v) is 15.6. The summed E-state index contributed by atoms with van der Waals surface area (Å²) in [7, 11) is 0. The number of carbonyl (C=O) groups excluding carboxylic acids is 1. The third-order valence-corrected chi connectivity index (χ3v) is 10.5. The SMILES string of the molecule is C[C@@H]1[C@@H](/N=C(\Nc2ccc(C(=O)NCCc3ccc(Cl)cc3Cl)cc2)N2CCN(C(=O)O)[C@@H](C)C2)C[C@H]2C[C@@H]1C2(C)C. The highest BCUT2D eigenvalue weighted by Gasteiger charge is 2.56. The van der Waals surface area contributed by atoms with Gasteiger partial charge in [0.25, 0.3) is 5.91 Å². The Labute approximate surface area is 258 Å². The minimum absolute atomic E-state index is 0.145. The summed E-state index contributed by atoms with van der Waals surface area (Å²) in [6.07, 6.45) is 2.07. The Morgan fingerprint density at radius 1 is 1.07 bits per heavy atom. The maximum atomic E-state index is 12.8. The van der Waals surface area contributed by atoms with Gasteiger partial charge in [-0.25, -0.2) is 9.79 Å². The number of rotatable bonds is 6. The molecule has 0 unspecified atom stereocenters. The maximum Gasteiger partial charge on any atom is 0.407 e. The van der Waals surface area contributed by atoms with Crippen LogP contribution in [0.15, 0.2) is 47.5 Å². The number of anilines is 1. The molecular weight excluding hydrogens is 573 g/mol. The molecular formula is C32H41Cl2N5O3. The van der Waals surface area contributed by atoms with Crippen molar-refractivity contribution in [2.24, 2.45) is 28.2 Å². The molecule has 2 aromatic rings. The molecule has 1 saturated heterocycles. The van der Waals surface area contributed by atoms with Crippen LogP contribution < -0.4 is 10.6 Å². The van der Waals surface area contributed by atoms with Gasteiger partial charge in [-0.05, 0) is 91.3 Å². The summed E-state index contributed by atoms with van der Waals surface area (Å²) in [5.74, 6) is 2.46. The highest BCUT2D eigenvalue weighted by molar-refractivity contribution is 6.35. The van der Waals surface area contributed by atoms with Gasteiger partial charge in [-0.3, -0.25) is 4.79 Å². The van der Waals surface area contributed by atoms with Crippen LogP contribution in [-0.4, -0.2) is 71.1 Å². The molecule has 3 aliphatic carbocycles. The molecule has 1 heterocycles. The fraction of sp³-hybridized carbons (Fsp3) is 0.531. The third-order valence-electron chi connectivity index (χ3n) is 9.87. The first-order valence-electron chi connectivity index (χ1n) is 14.9. The first-order chi connectivity index (χ1) is 19.9. The van der Waals surface area contributed by atoms with Crippen molar-refractivity contribution in [2.45, 2.75) is 59.0 Å². The largest absolute Gasteiger partial charge is 0.465 e. The Hall–Kier alpha value is -2.97. The number of aliphatic imine (C=N–C) groups is 1. The van der Waals surface area contributed by atoms with Crippen LogP contribution in [0, 0.1) is 23.2 Å². The number of benzene rings is 2. The van der Waals surface area contributed by atoms with E-state index >= 15 is 0 Å². The van der Waals surface area contributed by atoms with Crippen LogP contribution in [0.2, 0.25) is 10.0 Å². The molecule has 2 amide bonds. The van der Waals surface area contributed by atoms with Crippen molar-refractivity contribution in [3.05, 3.63) is 63.6 Å². The predicted molar refractivity (Wildman–Crippen MR) is 169 cm³/mol. The van der Waals surface area contributed by atoms with Crippen molar-refractivity contribution in [2.75, 3.05) is 31.5 Å². The second-order valence-corrected chi connectivity index (χ2v) is 13.5.